The molecule has 0 fully saturated rings. The number of esters is 1. The number of carbonyl (C=O) groups is 2. The number of ether oxygens (including phenoxy) is 2. The number of phenols is 1. The van der Waals surface area contributed by atoms with Crippen molar-refractivity contribution in [1.82, 2.24) is 10.0 Å². The number of hydrogen-bond acceptors (Lipinski definition) is 7. The first-order valence-corrected chi connectivity index (χ1v) is 10.9. The van der Waals surface area contributed by atoms with E-state index in [1.807, 2.05) is 0 Å². The van der Waals surface area contributed by atoms with Gasteiger partial charge >= 0.3 is 12.3 Å². The molecule has 2 aromatic rings. The number of phenolic OH excluding ortho intramolecular Hbond substituents is 1. The van der Waals surface area contributed by atoms with Gasteiger partial charge in [-0.05, 0) is 42.0 Å². The predicted molar refractivity (Wildman–Crippen MR) is 109 cm³/mol. The number of halogens is 3. The van der Waals surface area contributed by atoms with Gasteiger partial charge in [0.2, 0.25) is 15.9 Å². The molecule has 0 bridgehead atoms. The van der Waals surface area contributed by atoms with Crippen LogP contribution in [0, 0.1) is 0 Å². The number of amides is 1. The van der Waals surface area contributed by atoms with Gasteiger partial charge in [-0.3, -0.25) is 4.79 Å². The molecule has 2 aromatic carbocycles. The molecule has 1 amide bonds. The number of nitrogens with one attached hydrogen (secondary N) is 2. The third-order valence-electron chi connectivity index (χ3n) is 4.21. The number of sulfonamides is 1. The van der Waals surface area contributed by atoms with Crippen LogP contribution in [0.5, 0.6) is 11.5 Å². The number of methoxy groups -OCH3 is 1. The Hall–Kier alpha value is -3.32. The number of benzene rings is 2. The number of rotatable bonds is 10. The summed E-state index contributed by atoms with van der Waals surface area (Å²) in [5.41, 5.74) is 0.641. The summed E-state index contributed by atoms with van der Waals surface area (Å²) in [6.07, 6.45) is -5.15. The normalized spacial score (nSPS) is 12.6. The number of carbonyl (C=O) groups excluding carboxylic acids is 2. The molecule has 180 valence electrons. The Balaban J connectivity index is 1.91. The molecule has 9 nitrogen and oxygen atoms in total. The Bertz CT molecular complexity index is 1060. The molecule has 1 unspecified atom stereocenters. The standard InChI is InChI=1S/C20H21F3N2O7S/c1-31-19(28)17(12-13-2-4-14(26)5-3-13)25-18(27)10-11-24-33(29,30)16-8-6-15(7-9-16)32-20(21,22)23/h2-9,17,24,26H,10-12H2,1H3,(H,25,27). The van der Waals surface area contributed by atoms with Gasteiger partial charge < -0.3 is 19.9 Å². The molecule has 0 aromatic heterocycles. The first kappa shape index (κ1) is 25.9. The second kappa shape index (κ2) is 11.0. The molecule has 0 aliphatic carbocycles. The van der Waals surface area contributed by atoms with Gasteiger partial charge in [0.05, 0.1) is 12.0 Å². The summed E-state index contributed by atoms with van der Waals surface area (Å²) in [7, 11) is -2.95. The van der Waals surface area contributed by atoms with Crippen LogP contribution in [0.2, 0.25) is 0 Å². The van der Waals surface area contributed by atoms with Gasteiger partial charge in [0.15, 0.2) is 0 Å². The highest BCUT2D eigenvalue weighted by molar-refractivity contribution is 7.89. The predicted octanol–water partition coefficient (Wildman–Crippen LogP) is 1.86. The molecule has 0 radical (unpaired) electrons. The topological polar surface area (TPSA) is 131 Å². The summed E-state index contributed by atoms with van der Waals surface area (Å²) in [5, 5.41) is 11.8. The third-order valence-corrected chi connectivity index (χ3v) is 5.69. The molecular weight excluding hydrogens is 469 g/mol. The van der Waals surface area contributed by atoms with E-state index < -0.39 is 40.1 Å². The average molecular weight is 490 g/mol. The molecule has 2 rings (SSSR count). The van der Waals surface area contributed by atoms with Crippen LogP contribution in [-0.4, -0.2) is 51.5 Å². The highest BCUT2D eigenvalue weighted by Crippen LogP contribution is 2.23. The second-order valence-electron chi connectivity index (χ2n) is 6.68. The van der Waals surface area contributed by atoms with Gasteiger partial charge in [0, 0.05) is 19.4 Å². The second-order valence-corrected chi connectivity index (χ2v) is 8.45. The van der Waals surface area contributed by atoms with Crippen LogP contribution in [0.15, 0.2) is 53.4 Å². The van der Waals surface area contributed by atoms with Crippen molar-refractivity contribution in [2.45, 2.75) is 30.1 Å². The molecule has 0 saturated heterocycles. The van der Waals surface area contributed by atoms with Crippen LogP contribution in [0.3, 0.4) is 0 Å². The smallest absolute Gasteiger partial charge is 0.508 e. The molecule has 0 saturated carbocycles. The fourth-order valence-corrected chi connectivity index (χ4v) is 3.70. The zero-order valence-electron chi connectivity index (χ0n) is 17.3. The molecule has 3 N–H and O–H groups in total. The molecule has 0 spiro atoms. The number of hydrogen-bond donors (Lipinski definition) is 3. The third kappa shape index (κ3) is 8.61. The summed E-state index contributed by atoms with van der Waals surface area (Å²) in [5.74, 6) is -1.89. The summed E-state index contributed by atoms with van der Waals surface area (Å²) >= 11 is 0. The summed E-state index contributed by atoms with van der Waals surface area (Å²) in [6.45, 7) is -0.331. The Kier molecular flexibility index (Phi) is 8.65. The highest BCUT2D eigenvalue weighted by Gasteiger charge is 2.31. The van der Waals surface area contributed by atoms with E-state index in [-0.39, 0.29) is 30.0 Å². The van der Waals surface area contributed by atoms with Gasteiger partial charge in [-0.2, -0.15) is 0 Å². The largest absolute Gasteiger partial charge is 0.573 e. The van der Waals surface area contributed by atoms with Crippen LogP contribution in [0.1, 0.15) is 12.0 Å². The fourth-order valence-electron chi connectivity index (χ4n) is 2.67. The zero-order chi connectivity index (χ0) is 24.6. The molecule has 1 atom stereocenters. The Morgan fingerprint density at radius 2 is 1.67 bits per heavy atom. The SMILES string of the molecule is COC(=O)C(Cc1ccc(O)cc1)NC(=O)CCNS(=O)(=O)c1ccc(OC(F)(F)F)cc1. The molecule has 0 aliphatic heterocycles. The van der Waals surface area contributed by atoms with Gasteiger partial charge in [-0.15, -0.1) is 13.2 Å². The van der Waals surface area contributed by atoms with E-state index in [4.69, 9.17) is 0 Å². The van der Waals surface area contributed by atoms with E-state index >= 15 is 0 Å². The number of alkyl halides is 3. The zero-order valence-corrected chi connectivity index (χ0v) is 18.1. The van der Waals surface area contributed by atoms with Gasteiger partial charge in [0.1, 0.15) is 17.5 Å². The molecule has 13 heteroatoms. The summed E-state index contributed by atoms with van der Waals surface area (Å²) < 4.78 is 71.6. The van der Waals surface area contributed by atoms with Crippen molar-refractivity contribution >= 4 is 21.9 Å². The lowest BCUT2D eigenvalue weighted by Crippen LogP contribution is -2.44. The van der Waals surface area contributed by atoms with Gasteiger partial charge in [0.25, 0.3) is 0 Å². The van der Waals surface area contributed by atoms with Crippen molar-refractivity contribution < 1.29 is 45.8 Å². The van der Waals surface area contributed by atoms with E-state index in [0.717, 1.165) is 31.4 Å². The van der Waals surface area contributed by atoms with Crippen molar-refractivity contribution in [2.24, 2.45) is 0 Å². The van der Waals surface area contributed by atoms with Crippen molar-refractivity contribution in [3.05, 3.63) is 54.1 Å². The van der Waals surface area contributed by atoms with Gasteiger partial charge in [-0.1, -0.05) is 12.1 Å². The van der Waals surface area contributed by atoms with Crippen LogP contribution in [0.4, 0.5) is 13.2 Å². The lowest BCUT2D eigenvalue weighted by Gasteiger charge is -2.17. The number of aromatic hydroxyl groups is 1. The maximum absolute atomic E-state index is 12.3. The van der Waals surface area contributed by atoms with E-state index in [2.05, 4.69) is 19.5 Å². The first-order chi connectivity index (χ1) is 15.4. The maximum atomic E-state index is 12.3. The van der Waals surface area contributed by atoms with Crippen LogP contribution < -0.4 is 14.8 Å². The lowest BCUT2D eigenvalue weighted by atomic mass is 10.1. The quantitative estimate of drug-likeness (QED) is 0.433. The monoisotopic (exact) mass is 490 g/mol. The van der Waals surface area contributed by atoms with Crippen molar-refractivity contribution in [3.8, 4) is 11.5 Å². The Morgan fingerprint density at radius 3 is 2.21 bits per heavy atom. The Morgan fingerprint density at radius 1 is 1.06 bits per heavy atom. The van der Waals surface area contributed by atoms with E-state index in [1.165, 1.54) is 12.1 Å². The van der Waals surface area contributed by atoms with Crippen LogP contribution in [-0.2, 0) is 30.8 Å². The first-order valence-electron chi connectivity index (χ1n) is 9.40. The molecular formula is C20H21F3N2O7S. The minimum atomic E-state index is -4.91. The van der Waals surface area contributed by atoms with Crippen LogP contribution in [0.25, 0.3) is 0 Å². The van der Waals surface area contributed by atoms with Crippen LogP contribution >= 0.6 is 0 Å². The van der Waals surface area contributed by atoms with Crippen molar-refractivity contribution in [2.75, 3.05) is 13.7 Å². The highest BCUT2D eigenvalue weighted by atomic mass is 32.2. The molecule has 33 heavy (non-hydrogen) atoms. The van der Waals surface area contributed by atoms with E-state index in [0.29, 0.717) is 5.56 Å². The van der Waals surface area contributed by atoms with E-state index in [9.17, 15) is 36.3 Å². The average Bonchev–Trinajstić information content (AvgIpc) is 2.73. The lowest BCUT2D eigenvalue weighted by molar-refractivity contribution is -0.274. The maximum Gasteiger partial charge on any atom is 0.573 e. The minimum absolute atomic E-state index is 0.0344. The summed E-state index contributed by atoms with van der Waals surface area (Å²) in [4.78, 5) is 23.9. The van der Waals surface area contributed by atoms with E-state index in [1.54, 1.807) is 12.1 Å². The van der Waals surface area contributed by atoms with Crippen molar-refractivity contribution in [1.29, 1.82) is 0 Å². The van der Waals surface area contributed by atoms with Crippen molar-refractivity contribution in [3.63, 3.8) is 0 Å². The fraction of sp³-hybridized carbons (Fsp3) is 0.300. The Labute approximate surface area is 187 Å². The summed E-state index contributed by atoms with van der Waals surface area (Å²) in [6, 6.07) is 8.47. The molecule has 0 aliphatic rings. The van der Waals surface area contributed by atoms with Gasteiger partial charge in [-0.25, -0.2) is 17.9 Å². The minimum Gasteiger partial charge on any atom is -0.508 e. The molecule has 0 heterocycles.